The summed E-state index contributed by atoms with van der Waals surface area (Å²) in [5, 5.41) is 3.91. The van der Waals surface area contributed by atoms with Crippen LogP contribution < -0.4 is 0 Å². The first-order valence-electron chi connectivity index (χ1n) is 5.32. The highest BCUT2D eigenvalue weighted by atomic mass is 35.5. The number of aromatic nitrogens is 2. The number of hydrogen-bond donors (Lipinski definition) is 0. The molecule has 0 aromatic carbocycles. The van der Waals surface area contributed by atoms with Gasteiger partial charge in [-0.3, -0.25) is 4.79 Å². The molecule has 0 spiro atoms. The molecule has 2 heterocycles. The van der Waals surface area contributed by atoms with Crippen LogP contribution in [0.4, 0.5) is 0 Å². The van der Waals surface area contributed by atoms with Gasteiger partial charge < -0.3 is 4.90 Å². The summed E-state index contributed by atoms with van der Waals surface area (Å²) in [5.74, 6) is 0.497. The van der Waals surface area contributed by atoms with Crippen LogP contribution in [0.15, 0.2) is 0 Å². The fourth-order valence-electron chi connectivity index (χ4n) is 1.78. The Balaban J connectivity index is 2.09. The number of aryl methyl sites for hydroxylation is 1. The van der Waals surface area contributed by atoms with Crippen molar-refractivity contribution >= 4 is 29.0 Å². The van der Waals surface area contributed by atoms with Crippen LogP contribution in [0.2, 0.25) is 0 Å². The first-order chi connectivity index (χ1) is 7.59. The maximum Gasteiger partial charge on any atom is 0.267 e. The van der Waals surface area contributed by atoms with Crippen molar-refractivity contribution in [3.8, 4) is 0 Å². The molecule has 1 saturated heterocycles. The van der Waals surface area contributed by atoms with E-state index in [-0.39, 0.29) is 11.3 Å². The second-order valence-corrected chi connectivity index (χ2v) is 5.54. The Morgan fingerprint density at radius 1 is 1.62 bits per heavy atom. The molecule has 88 valence electrons. The largest absolute Gasteiger partial charge is 0.336 e. The van der Waals surface area contributed by atoms with Gasteiger partial charge in [-0.15, -0.1) is 16.7 Å². The van der Waals surface area contributed by atoms with E-state index in [0.29, 0.717) is 23.0 Å². The van der Waals surface area contributed by atoms with E-state index in [4.69, 9.17) is 11.6 Å². The standard InChI is InChI=1S/C10H14ClN3OS/c1-6-3-4-14(5-8(6)11)10(15)9-7(2)12-13-16-9/h6,8H,3-5H2,1-2H3. The molecule has 6 heteroatoms. The van der Waals surface area contributed by atoms with Crippen LogP contribution in [0.1, 0.15) is 28.7 Å². The molecule has 1 amide bonds. The zero-order valence-electron chi connectivity index (χ0n) is 9.31. The summed E-state index contributed by atoms with van der Waals surface area (Å²) in [6.07, 6.45) is 0.963. The molecular weight excluding hydrogens is 246 g/mol. The van der Waals surface area contributed by atoms with Gasteiger partial charge in [0.25, 0.3) is 5.91 Å². The van der Waals surface area contributed by atoms with Crippen molar-refractivity contribution in [2.45, 2.75) is 25.6 Å². The molecule has 0 saturated carbocycles. The van der Waals surface area contributed by atoms with E-state index >= 15 is 0 Å². The number of carbonyl (C=O) groups excluding carboxylic acids is 1. The molecule has 4 nitrogen and oxygen atoms in total. The molecule has 1 aromatic heterocycles. The summed E-state index contributed by atoms with van der Waals surface area (Å²) in [6.45, 7) is 5.33. The van der Waals surface area contributed by atoms with Gasteiger partial charge in [-0.05, 0) is 30.8 Å². The minimum absolute atomic E-state index is 0.0186. The molecule has 0 bridgehead atoms. The van der Waals surface area contributed by atoms with Gasteiger partial charge >= 0.3 is 0 Å². The molecular formula is C10H14ClN3OS. The lowest BCUT2D eigenvalue weighted by molar-refractivity contribution is 0.0705. The Morgan fingerprint density at radius 3 is 2.94 bits per heavy atom. The van der Waals surface area contributed by atoms with Crippen molar-refractivity contribution < 1.29 is 4.79 Å². The molecule has 0 radical (unpaired) electrons. The number of amides is 1. The average Bonchev–Trinajstić information content (AvgIpc) is 2.67. The van der Waals surface area contributed by atoms with Crippen LogP contribution in [0.3, 0.4) is 0 Å². The predicted octanol–water partition coefficient (Wildman–Crippen LogP) is 1.94. The van der Waals surface area contributed by atoms with Gasteiger partial charge in [0.05, 0.1) is 11.1 Å². The van der Waals surface area contributed by atoms with E-state index in [1.54, 1.807) is 4.90 Å². The number of halogens is 1. The van der Waals surface area contributed by atoms with Crippen molar-refractivity contribution in [2.24, 2.45) is 5.92 Å². The third kappa shape index (κ3) is 2.20. The number of rotatable bonds is 1. The summed E-state index contributed by atoms with van der Waals surface area (Å²) in [4.78, 5) is 14.6. The van der Waals surface area contributed by atoms with Crippen molar-refractivity contribution in [3.63, 3.8) is 0 Å². The maximum atomic E-state index is 12.1. The quantitative estimate of drug-likeness (QED) is 0.724. The van der Waals surface area contributed by atoms with Gasteiger partial charge in [0, 0.05) is 13.1 Å². The van der Waals surface area contributed by atoms with E-state index in [2.05, 4.69) is 16.5 Å². The zero-order chi connectivity index (χ0) is 11.7. The maximum absolute atomic E-state index is 12.1. The highest BCUT2D eigenvalue weighted by Gasteiger charge is 2.29. The average molecular weight is 260 g/mol. The predicted molar refractivity (Wildman–Crippen MR) is 64.0 cm³/mol. The first-order valence-corrected chi connectivity index (χ1v) is 6.53. The fraction of sp³-hybridized carbons (Fsp3) is 0.700. The van der Waals surface area contributed by atoms with E-state index in [1.807, 2.05) is 6.92 Å². The number of carbonyl (C=O) groups is 1. The summed E-state index contributed by atoms with van der Waals surface area (Å²) >= 11 is 7.34. The van der Waals surface area contributed by atoms with E-state index in [9.17, 15) is 4.79 Å². The fourth-order valence-corrected chi connectivity index (χ4v) is 2.70. The van der Waals surface area contributed by atoms with Gasteiger partial charge in [-0.25, -0.2) is 0 Å². The number of alkyl halides is 1. The topological polar surface area (TPSA) is 46.1 Å². The van der Waals surface area contributed by atoms with Crippen LogP contribution in [-0.2, 0) is 0 Å². The van der Waals surface area contributed by atoms with E-state index < -0.39 is 0 Å². The number of hydrogen-bond acceptors (Lipinski definition) is 4. The second kappa shape index (κ2) is 4.67. The molecule has 16 heavy (non-hydrogen) atoms. The van der Waals surface area contributed by atoms with Gasteiger partial charge in [-0.2, -0.15) is 0 Å². The molecule has 1 aromatic rings. The Bertz CT molecular complexity index is 395. The smallest absolute Gasteiger partial charge is 0.267 e. The molecule has 2 unspecified atom stereocenters. The Labute approximate surface area is 104 Å². The van der Waals surface area contributed by atoms with Crippen molar-refractivity contribution in [2.75, 3.05) is 13.1 Å². The molecule has 0 aliphatic carbocycles. The number of piperidine rings is 1. The van der Waals surface area contributed by atoms with Crippen LogP contribution in [0.5, 0.6) is 0 Å². The summed E-state index contributed by atoms with van der Waals surface area (Å²) in [6, 6.07) is 0. The van der Waals surface area contributed by atoms with Gasteiger partial charge in [0.15, 0.2) is 0 Å². The van der Waals surface area contributed by atoms with Crippen molar-refractivity contribution in [3.05, 3.63) is 10.6 Å². The lowest BCUT2D eigenvalue weighted by atomic mass is 9.98. The summed E-state index contributed by atoms with van der Waals surface area (Å²) < 4.78 is 3.78. The lowest BCUT2D eigenvalue weighted by Gasteiger charge is -2.33. The van der Waals surface area contributed by atoms with Crippen LogP contribution in [-0.4, -0.2) is 38.9 Å². The minimum atomic E-state index is 0.0186. The highest BCUT2D eigenvalue weighted by molar-refractivity contribution is 7.07. The minimum Gasteiger partial charge on any atom is -0.336 e. The van der Waals surface area contributed by atoms with E-state index in [1.165, 1.54) is 0 Å². The molecule has 1 fully saturated rings. The summed E-state index contributed by atoms with van der Waals surface area (Å²) in [5.41, 5.74) is 0.708. The van der Waals surface area contributed by atoms with Crippen molar-refractivity contribution in [1.29, 1.82) is 0 Å². The Kier molecular flexibility index (Phi) is 3.44. The zero-order valence-corrected chi connectivity index (χ0v) is 10.9. The summed E-state index contributed by atoms with van der Waals surface area (Å²) in [7, 11) is 0. The van der Waals surface area contributed by atoms with Crippen molar-refractivity contribution in [1.82, 2.24) is 14.5 Å². The van der Waals surface area contributed by atoms with Crippen LogP contribution in [0, 0.1) is 12.8 Å². The third-order valence-corrected chi connectivity index (χ3v) is 4.38. The molecule has 2 rings (SSSR count). The molecule has 1 aliphatic rings. The molecule has 2 atom stereocenters. The Hall–Kier alpha value is -0.680. The first kappa shape index (κ1) is 11.8. The monoisotopic (exact) mass is 259 g/mol. The highest BCUT2D eigenvalue weighted by Crippen LogP contribution is 2.24. The van der Waals surface area contributed by atoms with Gasteiger partial charge in [0.1, 0.15) is 4.88 Å². The van der Waals surface area contributed by atoms with E-state index in [0.717, 1.165) is 24.5 Å². The molecule has 0 N–H and O–H groups in total. The molecule has 1 aliphatic heterocycles. The Morgan fingerprint density at radius 2 is 2.38 bits per heavy atom. The van der Waals surface area contributed by atoms with Gasteiger partial charge in [-0.1, -0.05) is 11.4 Å². The second-order valence-electron chi connectivity index (χ2n) is 4.22. The SMILES string of the molecule is Cc1nnsc1C(=O)N1CCC(C)C(Cl)C1. The van der Waals surface area contributed by atoms with Crippen LogP contribution in [0.25, 0.3) is 0 Å². The number of likely N-dealkylation sites (tertiary alicyclic amines) is 1. The normalized spacial score (nSPS) is 25.8. The van der Waals surface area contributed by atoms with Crippen LogP contribution >= 0.6 is 23.1 Å². The third-order valence-electron chi connectivity index (χ3n) is 3.00. The lowest BCUT2D eigenvalue weighted by Crippen LogP contribution is -2.43. The number of nitrogens with zero attached hydrogens (tertiary/aromatic N) is 3. The van der Waals surface area contributed by atoms with Gasteiger partial charge in [0.2, 0.25) is 0 Å².